The molecule has 1 unspecified atom stereocenters. The van der Waals surface area contributed by atoms with Gasteiger partial charge in [-0.1, -0.05) is 53.2 Å². The third-order valence-corrected chi connectivity index (χ3v) is 3.13. The van der Waals surface area contributed by atoms with Gasteiger partial charge in [-0.25, -0.2) is 0 Å². The Bertz CT molecular complexity index is 636. The van der Waals surface area contributed by atoms with E-state index in [2.05, 4.69) is 10.5 Å². The number of aryl methyl sites for hydroxylation is 1. The van der Waals surface area contributed by atoms with E-state index in [-0.39, 0.29) is 11.7 Å². The number of carbonyl (C=O) groups is 1. The zero-order valence-corrected chi connectivity index (χ0v) is 11.7. The largest absolute Gasteiger partial charge is 0.409 e. The standard InChI is InChI=1S/C16H17N3O2/c1-11-7-9-13(10-8-11)16(20)18-14(15(17)19-21)12-5-3-2-4-6-12/h2-10,14,21H,1H3,(H2,17,19)(H,18,20). The van der Waals surface area contributed by atoms with Crippen LogP contribution < -0.4 is 11.1 Å². The van der Waals surface area contributed by atoms with Gasteiger partial charge in [-0.3, -0.25) is 4.79 Å². The third-order valence-electron chi connectivity index (χ3n) is 3.13. The Kier molecular flexibility index (Phi) is 4.56. The number of amides is 1. The van der Waals surface area contributed by atoms with Crippen LogP contribution in [0.3, 0.4) is 0 Å². The average Bonchev–Trinajstić information content (AvgIpc) is 2.53. The van der Waals surface area contributed by atoms with Crippen LogP contribution in [0.15, 0.2) is 59.8 Å². The zero-order chi connectivity index (χ0) is 15.2. The fourth-order valence-electron chi connectivity index (χ4n) is 1.95. The summed E-state index contributed by atoms with van der Waals surface area (Å²) in [6, 6.07) is 15.6. The molecular formula is C16H17N3O2. The lowest BCUT2D eigenvalue weighted by Crippen LogP contribution is -2.37. The van der Waals surface area contributed by atoms with E-state index in [1.807, 2.05) is 37.3 Å². The van der Waals surface area contributed by atoms with E-state index in [4.69, 9.17) is 10.9 Å². The van der Waals surface area contributed by atoms with Crippen molar-refractivity contribution in [2.45, 2.75) is 13.0 Å². The van der Waals surface area contributed by atoms with Crippen LogP contribution in [-0.2, 0) is 0 Å². The minimum absolute atomic E-state index is 0.0679. The Hall–Kier alpha value is -2.82. The summed E-state index contributed by atoms with van der Waals surface area (Å²) < 4.78 is 0. The second kappa shape index (κ2) is 6.56. The van der Waals surface area contributed by atoms with Crippen LogP contribution in [0.1, 0.15) is 27.5 Å². The van der Waals surface area contributed by atoms with Gasteiger partial charge in [0.1, 0.15) is 6.04 Å². The summed E-state index contributed by atoms with van der Waals surface area (Å²) in [4.78, 5) is 12.3. The zero-order valence-electron chi connectivity index (χ0n) is 11.7. The third kappa shape index (κ3) is 3.60. The molecule has 21 heavy (non-hydrogen) atoms. The molecule has 2 rings (SSSR count). The fraction of sp³-hybridized carbons (Fsp3) is 0.125. The number of amidine groups is 1. The number of rotatable bonds is 4. The number of nitrogens with zero attached hydrogens (tertiary/aromatic N) is 1. The van der Waals surface area contributed by atoms with Crippen molar-refractivity contribution in [3.8, 4) is 0 Å². The van der Waals surface area contributed by atoms with Gasteiger partial charge in [0.25, 0.3) is 5.91 Å². The van der Waals surface area contributed by atoms with Gasteiger partial charge in [-0.05, 0) is 24.6 Å². The minimum Gasteiger partial charge on any atom is -0.409 e. The van der Waals surface area contributed by atoms with Crippen LogP contribution in [0.2, 0.25) is 0 Å². The SMILES string of the molecule is Cc1ccc(C(=O)NC(/C(N)=N/O)c2ccccc2)cc1. The quantitative estimate of drug-likeness (QED) is 0.348. The molecule has 4 N–H and O–H groups in total. The van der Waals surface area contributed by atoms with Crippen molar-refractivity contribution in [1.82, 2.24) is 5.32 Å². The maximum atomic E-state index is 12.3. The summed E-state index contributed by atoms with van der Waals surface area (Å²) in [5, 5.41) is 14.7. The second-order valence-corrected chi connectivity index (χ2v) is 4.71. The van der Waals surface area contributed by atoms with Crippen LogP contribution in [0.25, 0.3) is 0 Å². The van der Waals surface area contributed by atoms with E-state index in [1.165, 1.54) is 0 Å². The molecule has 0 aromatic heterocycles. The molecule has 2 aromatic carbocycles. The lowest BCUT2D eigenvalue weighted by atomic mass is 10.1. The summed E-state index contributed by atoms with van der Waals surface area (Å²) >= 11 is 0. The highest BCUT2D eigenvalue weighted by Crippen LogP contribution is 2.14. The molecule has 1 atom stereocenters. The number of hydrogen-bond donors (Lipinski definition) is 3. The van der Waals surface area contributed by atoms with Crippen molar-refractivity contribution in [2.24, 2.45) is 10.9 Å². The van der Waals surface area contributed by atoms with Gasteiger partial charge in [0.05, 0.1) is 0 Å². The van der Waals surface area contributed by atoms with Gasteiger partial charge in [0.15, 0.2) is 5.84 Å². The Morgan fingerprint density at radius 3 is 2.33 bits per heavy atom. The number of benzene rings is 2. The predicted octanol–water partition coefficient (Wildman–Crippen LogP) is 2.21. The molecule has 1 amide bonds. The molecule has 0 aliphatic carbocycles. The van der Waals surface area contributed by atoms with Crippen LogP contribution in [0.4, 0.5) is 0 Å². The Labute approximate surface area is 123 Å². The summed E-state index contributed by atoms with van der Waals surface area (Å²) in [7, 11) is 0. The molecule has 0 fully saturated rings. The molecule has 0 saturated heterocycles. The first kappa shape index (κ1) is 14.6. The van der Waals surface area contributed by atoms with Crippen LogP contribution in [0, 0.1) is 6.92 Å². The molecule has 5 nitrogen and oxygen atoms in total. The van der Waals surface area contributed by atoms with E-state index in [1.54, 1.807) is 24.3 Å². The number of nitrogens with two attached hydrogens (primary N) is 1. The molecule has 0 saturated carbocycles. The smallest absolute Gasteiger partial charge is 0.252 e. The lowest BCUT2D eigenvalue weighted by Gasteiger charge is -2.18. The van der Waals surface area contributed by atoms with Crippen molar-refractivity contribution in [2.75, 3.05) is 0 Å². The Morgan fingerprint density at radius 2 is 1.76 bits per heavy atom. The summed E-state index contributed by atoms with van der Waals surface area (Å²) in [5.74, 6) is -0.350. The van der Waals surface area contributed by atoms with E-state index in [9.17, 15) is 4.79 Å². The van der Waals surface area contributed by atoms with Crippen molar-refractivity contribution in [3.05, 3.63) is 71.3 Å². The Morgan fingerprint density at radius 1 is 1.14 bits per heavy atom. The number of carbonyl (C=O) groups excluding carboxylic acids is 1. The first-order valence-electron chi connectivity index (χ1n) is 6.51. The molecule has 2 aromatic rings. The number of oxime groups is 1. The van der Waals surface area contributed by atoms with E-state index in [0.717, 1.165) is 11.1 Å². The topological polar surface area (TPSA) is 87.7 Å². The molecule has 0 aliphatic rings. The Balaban J connectivity index is 2.23. The monoisotopic (exact) mass is 283 g/mol. The molecule has 5 heteroatoms. The molecule has 0 bridgehead atoms. The summed E-state index contributed by atoms with van der Waals surface area (Å²) in [5.41, 5.74) is 8.02. The highest BCUT2D eigenvalue weighted by molar-refractivity contribution is 5.98. The van der Waals surface area contributed by atoms with Gasteiger partial charge in [-0.2, -0.15) is 0 Å². The maximum absolute atomic E-state index is 12.3. The molecule has 0 aliphatic heterocycles. The number of hydrogen-bond acceptors (Lipinski definition) is 3. The lowest BCUT2D eigenvalue weighted by molar-refractivity contribution is 0.0946. The van der Waals surface area contributed by atoms with E-state index >= 15 is 0 Å². The first-order chi connectivity index (χ1) is 10.1. The van der Waals surface area contributed by atoms with Gasteiger partial charge < -0.3 is 16.3 Å². The molecule has 108 valence electrons. The minimum atomic E-state index is -0.676. The van der Waals surface area contributed by atoms with Gasteiger partial charge >= 0.3 is 0 Å². The first-order valence-corrected chi connectivity index (χ1v) is 6.51. The van der Waals surface area contributed by atoms with Crippen molar-refractivity contribution in [1.29, 1.82) is 0 Å². The molecule has 0 spiro atoms. The van der Waals surface area contributed by atoms with Crippen LogP contribution in [-0.4, -0.2) is 17.0 Å². The molecular weight excluding hydrogens is 266 g/mol. The molecule has 0 radical (unpaired) electrons. The summed E-state index contributed by atoms with van der Waals surface area (Å²) in [6.07, 6.45) is 0. The van der Waals surface area contributed by atoms with Crippen LogP contribution in [0.5, 0.6) is 0 Å². The van der Waals surface area contributed by atoms with Crippen molar-refractivity contribution < 1.29 is 10.0 Å². The van der Waals surface area contributed by atoms with E-state index < -0.39 is 6.04 Å². The van der Waals surface area contributed by atoms with Crippen LogP contribution >= 0.6 is 0 Å². The number of nitrogens with one attached hydrogen (secondary N) is 1. The van der Waals surface area contributed by atoms with E-state index in [0.29, 0.717) is 5.56 Å². The normalized spacial score (nSPS) is 12.7. The van der Waals surface area contributed by atoms with Gasteiger partial charge in [0.2, 0.25) is 0 Å². The summed E-state index contributed by atoms with van der Waals surface area (Å²) in [6.45, 7) is 1.95. The fourth-order valence-corrected chi connectivity index (χ4v) is 1.95. The van der Waals surface area contributed by atoms with Gasteiger partial charge in [-0.15, -0.1) is 0 Å². The second-order valence-electron chi connectivity index (χ2n) is 4.71. The average molecular weight is 283 g/mol. The highest BCUT2D eigenvalue weighted by atomic mass is 16.4. The van der Waals surface area contributed by atoms with Crippen molar-refractivity contribution >= 4 is 11.7 Å². The predicted molar refractivity (Wildman–Crippen MR) is 81.2 cm³/mol. The molecule has 0 heterocycles. The maximum Gasteiger partial charge on any atom is 0.252 e. The van der Waals surface area contributed by atoms with Crippen molar-refractivity contribution in [3.63, 3.8) is 0 Å². The highest BCUT2D eigenvalue weighted by Gasteiger charge is 2.19. The van der Waals surface area contributed by atoms with Gasteiger partial charge in [0, 0.05) is 5.56 Å².